The molecule has 1 aliphatic heterocycles. The zero-order valence-electron chi connectivity index (χ0n) is 14.5. The number of piperazine rings is 1. The van der Waals surface area contributed by atoms with E-state index >= 15 is 0 Å². The molecule has 1 N–H and O–H groups in total. The molecule has 2 amide bonds. The van der Waals surface area contributed by atoms with Crippen molar-refractivity contribution in [3.63, 3.8) is 0 Å². The Morgan fingerprint density at radius 3 is 1.92 bits per heavy atom. The van der Waals surface area contributed by atoms with Crippen molar-refractivity contribution in [1.82, 2.24) is 4.90 Å². The molecule has 0 spiro atoms. The molecule has 1 aromatic carbocycles. The molecule has 1 fully saturated rings. The molecule has 0 atom stereocenters. The third kappa shape index (κ3) is 5.40. The molecule has 25 heavy (non-hydrogen) atoms. The van der Waals surface area contributed by atoms with Gasteiger partial charge in [0.15, 0.2) is 0 Å². The van der Waals surface area contributed by atoms with E-state index in [2.05, 4.69) is 10.2 Å². The monoisotopic (exact) mass is 405 g/mol. The van der Waals surface area contributed by atoms with Crippen LogP contribution in [0, 0.1) is 5.41 Å². The summed E-state index contributed by atoms with van der Waals surface area (Å²) in [5.41, 5.74) is 1.22. The first-order valence-electron chi connectivity index (χ1n) is 8.01. The van der Waals surface area contributed by atoms with Crippen molar-refractivity contribution in [1.29, 1.82) is 0 Å². The largest absolute Gasteiger partial charge is 0.368 e. The van der Waals surface area contributed by atoms with Gasteiger partial charge in [0.2, 0.25) is 5.91 Å². The summed E-state index contributed by atoms with van der Waals surface area (Å²) in [5.74, 6) is -0.517. The highest BCUT2D eigenvalue weighted by molar-refractivity contribution is 6.76. The number of carbonyl (C=O) groups excluding carboxylic acids is 2. The normalized spacial score (nSPS) is 15.9. The first-order chi connectivity index (χ1) is 11.5. The minimum atomic E-state index is -1.99. The zero-order valence-corrected chi connectivity index (χ0v) is 16.8. The molecule has 0 aliphatic carbocycles. The Morgan fingerprint density at radius 1 is 0.960 bits per heavy atom. The van der Waals surface area contributed by atoms with Crippen molar-refractivity contribution in [2.24, 2.45) is 5.41 Å². The maximum absolute atomic E-state index is 12.3. The highest BCUT2D eigenvalue weighted by atomic mass is 35.6. The van der Waals surface area contributed by atoms with Gasteiger partial charge in [-0.05, 0) is 24.3 Å². The van der Waals surface area contributed by atoms with E-state index in [1.54, 1.807) is 12.1 Å². The molecule has 138 valence electrons. The second kappa shape index (κ2) is 7.60. The van der Waals surface area contributed by atoms with Crippen LogP contribution >= 0.6 is 34.8 Å². The maximum atomic E-state index is 12.3. The first-order valence-corrected chi connectivity index (χ1v) is 9.14. The summed E-state index contributed by atoms with van der Waals surface area (Å²) in [6.45, 7) is 8.73. The van der Waals surface area contributed by atoms with Gasteiger partial charge in [-0.3, -0.25) is 9.59 Å². The Bertz CT molecular complexity index is 628. The lowest BCUT2D eigenvalue weighted by atomic mass is 9.94. The van der Waals surface area contributed by atoms with Crippen LogP contribution in [0.4, 0.5) is 11.4 Å². The van der Waals surface area contributed by atoms with Crippen molar-refractivity contribution in [2.45, 2.75) is 24.6 Å². The predicted octanol–water partition coefficient (Wildman–Crippen LogP) is 3.69. The number of anilines is 2. The van der Waals surface area contributed by atoms with Crippen LogP contribution < -0.4 is 10.2 Å². The van der Waals surface area contributed by atoms with Crippen molar-refractivity contribution in [3.8, 4) is 0 Å². The second-order valence-electron chi connectivity index (χ2n) is 7.03. The fourth-order valence-corrected chi connectivity index (χ4v) is 2.74. The fraction of sp³-hybridized carbons (Fsp3) is 0.529. The van der Waals surface area contributed by atoms with Gasteiger partial charge in [-0.1, -0.05) is 55.6 Å². The lowest BCUT2D eigenvalue weighted by molar-refractivity contribution is -0.139. The number of hydrogen-bond donors (Lipinski definition) is 1. The van der Waals surface area contributed by atoms with Crippen LogP contribution in [-0.2, 0) is 9.59 Å². The van der Waals surface area contributed by atoms with Gasteiger partial charge in [-0.15, -0.1) is 0 Å². The second-order valence-corrected chi connectivity index (χ2v) is 9.31. The van der Waals surface area contributed by atoms with E-state index in [0.29, 0.717) is 18.8 Å². The molecule has 8 heteroatoms. The fourth-order valence-electron chi connectivity index (χ4n) is 2.60. The maximum Gasteiger partial charge on any atom is 0.276 e. The van der Waals surface area contributed by atoms with Crippen LogP contribution in [0.5, 0.6) is 0 Å². The molecule has 1 heterocycles. The van der Waals surface area contributed by atoms with E-state index in [4.69, 9.17) is 34.8 Å². The van der Waals surface area contributed by atoms with E-state index in [-0.39, 0.29) is 11.3 Å². The number of rotatable bonds is 2. The smallest absolute Gasteiger partial charge is 0.276 e. The van der Waals surface area contributed by atoms with Crippen molar-refractivity contribution >= 4 is 58.0 Å². The van der Waals surface area contributed by atoms with Crippen LogP contribution in [0.25, 0.3) is 0 Å². The summed E-state index contributed by atoms with van der Waals surface area (Å²) >= 11 is 16.6. The van der Waals surface area contributed by atoms with Crippen molar-refractivity contribution in [3.05, 3.63) is 24.3 Å². The van der Waals surface area contributed by atoms with Crippen LogP contribution in [0.2, 0.25) is 0 Å². The van der Waals surface area contributed by atoms with Gasteiger partial charge in [0.1, 0.15) is 0 Å². The average molecular weight is 407 g/mol. The molecular weight excluding hydrogens is 385 g/mol. The summed E-state index contributed by atoms with van der Waals surface area (Å²) in [5, 5.41) is 2.54. The quantitative estimate of drug-likeness (QED) is 0.762. The molecular formula is C17H22Cl3N3O2. The Balaban J connectivity index is 1.94. The van der Waals surface area contributed by atoms with Gasteiger partial charge >= 0.3 is 0 Å². The third-order valence-electron chi connectivity index (χ3n) is 3.96. The van der Waals surface area contributed by atoms with Gasteiger partial charge < -0.3 is 15.1 Å². The summed E-state index contributed by atoms with van der Waals surface area (Å²) in [7, 11) is 0. The van der Waals surface area contributed by atoms with E-state index < -0.39 is 9.70 Å². The predicted molar refractivity (Wildman–Crippen MR) is 104 cm³/mol. The molecule has 1 saturated heterocycles. The molecule has 0 bridgehead atoms. The van der Waals surface area contributed by atoms with Crippen LogP contribution in [-0.4, -0.2) is 46.7 Å². The number of nitrogens with zero attached hydrogens (tertiary/aromatic N) is 2. The number of alkyl halides is 3. The topological polar surface area (TPSA) is 52.7 Å². The number of carbonyl (C=O) groups is 2. The number of amides is 2. The summed E-state index contributed by atoms with van der Waals surface area (Å²) in [6.07, 6.45) is 0. The zero-order chi connectivity index (χ0) is 18.8. The van der Waals surface area contributed by atoms with Gasteiger partial charge in [0.25, 0.3) is 9.70 Å². The molecule has 5 nitrogen and oxygen atoms in total. The molecule has 2 rings (SSSR count). The number of benzene rings is 1. The molecule has 0 radical (unpaired) electrons. The highest BCUT2D eigenvalue weighted by Crippen LogP contribution is 2.28. The minimum Gasteiger partial charge on any atom is -0.368 e. The highest BCUT2D eigenvalue weighted by Gasteiger charge is 2.31. The molecule has 0 unspecified atom stereocenters. The van der Waals surface area contributed by atoms with Gasteiger partial charge in [0, 0.05) is 43.0 Å². The lowest BCUT2D eigenvalue weighted by Gasteiger charge is -2.38. The van der Waals surface area contributed by atoms with Crippen molar-refractivity contribution in [2.75, 3.05) is 36.4 Å². The standard InChI is InChI=1S/C17H22Cl3N3O2/c1-16(2,3)15(25)23-10-8-22(9-11-23)13-6-4-12(5-7-13)21-14(24)17(18,19)20/h4-7H,8-11H2,1-3H3,(H,21,24). The third-order valence-corrected chi connectivity index (χ3v) is 4.47. The van der Waals surface area contributed by atoms with E-state index in [1.807, 2.05) is 37.8 Å². The van der Waals surface area contributed by atoms with Crippen molar-refractivity contribution < 1.29 is 9.59 Å². The SMILES string of the molecule is CC(C)(C)C(=O)N1CCN(c2ccc(NC(=O)C(Cl)(Cl)Cl)cc2)CC1. The molecule has 1 aromatic rings. The lowest BCUT2D eigenvalue weighted by Crippen LogP contribution is -2.51. The molecule has 1 aliphatic rings. The number of hydrogen-bond acceptors (Lipinski definition) is 3. The Labute approximate surface area is 163 Å². The van der Waals surface area contributed by atoms with E-state index in [0.717, 1.165) is 18.8 Å². The van der Waals surface area contributed by atoms with E-state index in [9.17, 15) is 9.59 Å². The van der Waals surface area contributed by atoms with Gasteiger partial charge in [-0.2, -0.15) is 0 Å². The number of halogens is 3. The Kier molecular flexibility index (Phi) is 6.13. The Morgan fingerprint density at radius 2 is 1.48 bits per heavy atom. The summed E-state index contributed by atoms with van der Waals surface area (Å²) < 4.78 is -1.99. The van der Waals surface area contributed by atoms with Crippen LogP contribution in [0.1, 0.15) is 20.8 Å². The van der Waals surface area contributed by atoms with Crippen LogP contribution in [0.15, 0.2) is 24.3 Å². The first kappa shape index (κ1) is 20.1. The number of nitrogens with one attached hydrogen (secondary N) is 1. The average Bonchev–Trinajstić information content (AvgIpc) is 2.53. The Hall–Kier alpha value is -1.17. The minimum absolute atomic E-state index is 0.178. The van der Waals surface area contributed by atoms with Gasteiger partial charge in [-0.25, -0.2) is 0 Å². The van der Waals surface area contributed by atoms with E-state index in [1.165, 1.54) is 0 Å². The van der Waals surface area contributed by atoms with Crippen LogP contribution in [0.3, 0.4) is 0 Å². The summed E-state index contributed by atoms with van der Waals surface area (Å²) in [4.78, 5) is 28.1. The van der Waals surface area contributed by atoms with Gasteiger partial charge in [0.05, 0.1) is 0 Å². The molecule has 0 aromatic heterocycles. The molecule has 0 saturated carbocycles. The summed E-state index contributed by atoms with van der Waals surface area (Å²) in [6, 6.07) is 7.32.